The molecule has 4 N–H and O–H groups in total. The van der Waals surface area contributed by atoms with Crippen molar-refractivity contribution < 1.29 is 14.3 Å². The molecule has 0 aromatic heterocycles. The molecule has 0 heterocycles. The van der Waals surface area contributed by atoms with E-state index in [9.17, 15) is 9.59 Å². The smallest absolute Gasteiger partial charge is 0.257 e. The summed E-state index contributed by atoms with van der Waals surface area (Å²) in [7, 11) is 1.59. The first-order valence-corrected chi connectivity index (χ1v) is 8.98. The number of nitrogens with one attached hydrogen (secondary N) is 4. The molecule has 0 spiro atoms. The van der Waals surface area contributed by atoms with Crippen LogP contribution in [0.2, 0.25) is 0 Å². The molecule has 0 saturated carbocycles. The number of amides is 2. The van der Waals surface area contributed by atoms with E-state index in [0.29, 0.717) is 6.61 Å². The lowest BCUT2D eigenvalue weighted by Gasteiger charge is -2.16. The van der Waals surface area contributed by atoms with Gasteiger partial charge in [0.1, 0.15) is 0 Å². The molecule has 0 saturated heterocycles. The highest BCUT2D eigenvalue weighted by atomic mass is 32.1. The second-order valence-electron chi connectivity index (χ2n) is 6.09. The zero-order valence-corrected chi connectivity index (χ0v) is 16.2. The first-order chi connectivity index (χ1) is 13.0. The molecule has 1 atom stereocenters. The maximum absolute atomic E-state index is 12.2. The first-order valence-electron chi connectivity index (χ1n) is 8.57. The molecular weight excluding hydrogens is 364 g/mol. The van der Waals surface area contributed by atoms with Crippen LogP contribution in [-0.4, -0.2) is 43.2 Å². The third-order valence-corrected chi connectivity index (χ3v) is 4.01. The van der Waals surface area contributed by atoms with Crippen molar-refractivity contribution in [3.8, 4) is 0 Å². The van der Waals surface area contributed by atoms with E-state index < -0.39 is 5.91 Å². The monoisotopic (exact) mass is 388 g/mol. The molecule has 2 aromatic carbocycles. The SMILES string of the molecule is COC[C@H](C)NC(=S)NNC(=O)CNC(=O)Cc1cccc2ccccc12. The molecule has 0 aliphatic rings. The number of ether oxygens (including phenoxy) is 1. The van der Waals surface area contributed by atoms with Crippen molar-refractivity contribution in [3.05, 3.63) is 48.0 Å². The van der Waals surface area contributed by atoms with Crippen LogP contribution in [0.25, 0.3) is 10.8 Å². The normalized spacial score (nSPS) is 11.5. The maximum Gasteiger partial charge on any atom is 0.257 e. The van der Waals surface area contributed by atoms with Crippen LogP contribution in [0.3, 0.4) is 0 Å². The van der Waals surface area contributed by atoms with Crippen LogP contribution in [-0.2, 0) is 20.7 Å². The molecule has 0 bridgehead atoms. The van der Waals surface area contributed by atoms with Gasteiger partial charge >= 0.3 is 0 Å². The fraction of sp³-hybridized carbons (Fsp3) is 0.316. The van der Waals surface area contributed by atoms with E-state index in [1.165, 1.54) is 0 Å². The molecule has 0 unspecified atom stereocenters. The molecule has 2 amide bonds. The van der Waals surface area contributed by atoms with Crippen LogP contribution in [0.4, 0.5) is 0 Å². The van der Waals surface area contributed by atoms with Gasteiger partial charge in [0.2, 0.25) is 5.91 Å². The topological polar surface area (TPSA) is 91.5 Å². The van der Waals surface area contributed by atoms with Gasteiger partial charge in [-0.15, -0.1) is 0 Å². The van der Waals surface area contributed by atoms with E-state index in [4.69, 9.17) is 17.0 Å². The number of methoxy groups -OCH3 is 1. The third-order valence-electron chi connectivity index (χ3n) is 3.79. The van der Waals surface area contributed by atoms with E-state index in [0.717, 1.165) is 16.3 Å². The predicted molar refractivity (Wildman–Crippen MR) is 109 cm³/mol. The summed E-state index contributed by atoms with van der Waals surface area (Å²) in [6, 6.07) is 13.7. The van der Waals surface area contributed by atoms with Gasteiger partial charge in [0.25, 0.3) is 5.91 Å². The second kappa shape index (κ2) is 10.4. The number of hydrazine groups is 1. The Hall–Kier alpha value is -2.71. The minimum Gasteiger partial charge on any atom is -0.383 e. The van der Waals surface area contributed by atoms with E-state index in [1.54, 1.807) is 7.11 Å². The largest absolute Gasteiger partial charge is 0.383 e. The number of hydrogen-bond acceptors (Lipinski definition) is 4. The lowest BCUT2D eigenvalue weighted by atomic mass is 10.0. The standard InChI is InChI=1S/C19H24N4O3S/c1-13(12-26-2)21-19(27)23-22-18(25)11-20-17(24)10-15-8-5-7-14-6-3-4-9-16(14)15/h3-9,13H,10-12H2,1-2H3,(H,20,24)(H,22,25)(H2,21,23,27)/t13-/m0/s1. The summed E-state index contributed by atoms with van der Waals surface area (Å²) in [5, 5.41) is 7.93. The minimum absolute atomic E-state index is 0.00676. The zero-order valence-electron chi connectivity index (χ0n) is 15.4. The van der Waals surface area contributed by atoms with Gasteiger partial charge in [0.05, 0.1) is 19.6 Å². The number of carbonyl (C=O) groups excluding carboxylic acids is 2. The Morgan fingerprint density at radius 1 is 1.07 bits per heavy atom. The van der Waals surface area contributed by atoms with Crippen LogP contribution < -0.4 is 21.5 Å². The quantitative estimate of drug-likeness (QED) is 0.418. The van der Waals surface area contributed by atoms with Crippen LogP contribution in [0, 0.1) is 0 Å². The van der Waals surface area contributed by atoms with Crippen molar-refractivity contribution in [1.29, 1.82) is 0 Å². The number of rotatable bonds is 7. The van der Waals surface area contributed by atoms with Gasteiger partial charge in [-0.05, 0) is 35.5 Å². The van der Waals surface area contributed by atoms with Crippen LogP contribution in [0.5, 0.6) is 0 Å². The number of hydrogen-bond donors (Lipinski definition) is 4. The van der Waals surface area contributed by atoms with Gasteiger partial charge in [-0.25, -0.2) is 0 Å². The third kappa shape index (κ3) is 6.84. The highest BCUT2D eigenvalue weighted by molar-refractivity contribution is 7.80. The molecule has 0 fully saturated rings. The molecular formula is C19H24N4O3S. The Morgan fingerprint density at radius 2 is 1.81 bits per heavy atom. The molecule has 0 aliphatic carbocycles. The van der Waals surface area contributed by atoms with E-state index in [1.807, 2.05) is 49.4 Å². The van der Waals surface area contributed by atoms with E-state index in [-0.39, 0.29) is 30.0 Å². The van der Waals surface area contributed by atoms with E-state index in [2.05, 4.69) is 21.5 Å². The van der Waals surface area contributed by atoms with Gasteiger partial charge in [-0.1, -0.05) is 42.5 Å². The molecule has 0 aliphatic heterocycles. The minimum atomic E-state index is -0.398. The van der Waals surface area contributed by atoms with E-state index >= 15 is 0 Å². The van der Waals surface area contributed by atoms with Crippen molar-refractivity contribution in [1.82, 2.24) is 21.5 Å². The molecule has 7 nitrogen and oxygen atoms in total. The van der Waals surface area contributed by atoms with Crippen molar-refractivity contribution in [3.63, 3.8) is 0 Å². The van der Waals surface area contributed by atoms with Crippen LogP contribution in [0.1, 0.15) is 12.5 Å². The summed E-state index contributed by atoms with van der Waals surface area (Å²) in [6.07, 6.45) is 0.205. The Bertz CT molecular complexity index is 807. The van der Waals surface area contributed by atoms with Gasteiger partial charge in [0.15, 0.2) is 5.11 Å². The summed E-state index contributed by atoms with van der Waals surface area (Å²) in [6.45, 7) is 2.24. The molecule has 0 radical (unpaired) electrons. The molecule has 27 heavy (non-hydrogen) atoms. The average Bonchev–Trinajstić information content (AvgIpc) is 2.65. The zero-order chi connectivity index (χ0) is 19.6. The number of benzene rings is 2. The molecule has 2 aromatic rings. The van der Waals surface area contributed by atoms with Gasteiger partial charge in [0, 0.05) is 13.2 Å². The molecule has 8 heteroatoms. The second-order valence-corrected chi connectivity index (χ2v) is 6.50. The summed E-state index contributed by atoms with van der Waals surface area (Å²) in [4.78, 5) is 24.0. The number of thiocarbonyl (C=S) groups is 1. The Morgan fingerprint density at radius 3 is 2.59 bits per heavy atom. The maximum atomic E-state index is 12.2. The first kappa shape index (κ1) is 20.6. The lowest BCUT2D eigenvalue weighted by molar-refractivity contribution is -0.126. The summed E-state index contributed by atoms with van der Waals surface area (Å²) < 4.78 is 4.99. The Labute approximate surface area is 163 Å². The Balaban J connectivity index is 1.75. The fourth-order valence-corrected chi connectivity index (χ4v) is 2.84. The predicted octanol–water partition coefficient (Wildman–Crippen LogP) is 1.03. The van der Waals surface area contributed by atoms with Crippen LogP contribution in [0.15, 0.2) is 42.5 Å². The van der Waals surface area contributed by atoms with Gasteiger partial charge in [-0.3, -0.25) is 20.4 Å². The van der Waals surface area contributed by atoms with Gasteiger partial charge in [-0.2, -0.15) is 0 Å². The summed E-state index contributed by atoms with van der Waals surface area (Å²) >= 11 is 5.05. The molecule has 144 valence electrons. The highest BCUT2D eigenvalue weighted by Gasteiger charge is 2.09. The van der Waals surface area contributed by atoms with Crippen molar-refractivity contribution in [2.45, 2.75) is 19.4 Å². The molecule has 2 rings (SSSR count). The fourth-order valence-electron chi connectivity index (χ4n) is 2.58. The van der Waals surface area contributed by atoms with Crippen molar-refractivity contribution in [2.75, 3.05) is 20.3 Å². The Kier molecular flexibility index (Phi) is 7.97. The summed E-state index contributed by atoms with van der Waals surface area (Å²) in [5.41, 5.74) is 5.93. The van der Waals surface area contributed by atoms with Gasteiger partial charge < -0.3 is 15.4 Å². The van der Waals surface area contributed by atoms with Crippen molar-refractivity contribution >= 4 is 39.9 Å². The highest BCUT2D eigenvalue weighted by Crippen LogP contribution is 2.18. The number of carbonyl (C=O) groups is 2. The summed E-state index contributed by atoms with van der Waals surface area (Å²) in [5.74, 6) is -0.624. The average molecular weight is 388 g/mol. The lowest BCUT2D eigenvalue weighted by Crippen LogP contribution is -2.52. The van der Waals surface area contributed by atoms with Crippen LogP contribution >= 0.6 is 12.2 Å². The van der Waals surface area contributed by atoms with Crippen molar-refractivity contribution in [2.24, 2.45) is 0 Å². The number of fused-ring (bicyclic) bond motifs is 1.